The second-order valence-corrected chi connectivity index (χ2v) is 12.1. The highest BCUT2D eigenvalue weighted by Crippen LogP contribution is 2.38. The largest absolute Gasteiger partial charge is 0.508 e. The van der Waals surface area contributed by atoms with Gasteiger partial charge in [-0.15, -0.1) is 0 Å². The molecule has 2 aliphatic rings. The topological polar surface area (TPSA) is 124 Å². The lowest BCUT2D eigenvalue weighted by atomic mass is 10.0. The number of fused-ring (bicyclic) bond motifs is 8. The predicted molar refractivity (Wildman–Crippen MR) is 222 cm³/mol. The highest BCUT2D eigenvalue weighted by Gasteiger charge is 2.19. The van der Waals surface area contributed by atoms with Crippen molar-refractivity contribution in [1.82, 2.24) is 29.9 Å². The molecule has 9 rings (SSSR count). The van der Waals surface area contributed by atoms with Crippen LogP contribution < -0.4 is 0 Å². The summed E-state index contributed by atoms with van der Waals surface area (Å²) >= 11 is 0. The van der Waals surface area contributed by atoms with Crippen LogP contribution >= 0.6 is 0 Å². The molecule has 0 spiro atoms. The van der Waals surface area contributed by atoms with Gasteiger partial charge in [-0.1, -0.05) is 52.0 Å². The number of H-pyrrole nitrogens is 2. The minimum absolute atomic E-state index is 0.191. The maximum atomic E-state index is 10.2. The minimum Gasteiger partial charge on any atom is -0.508 e. The van der Waals surface area contributed by atoms with Crippen molar-refractivity contribution in [3.05, 3.63) is 145 Å². The Kier molecular flexibility index (Phi) is 10.3. The lowest BCUT2D eigenvalue weighted by Gasteiger charge is -2.07. The number of nitrogens with one attached hydrogen (secondary N) is 2. The van der Waals surface area contributed by atoms with Crippen molar-refractivity contribution in [2.45, 2.75) is 27.7 Å². The van der Waals surface area contributed by atoms with Gasteiger partial charge in [-0.25, -0.2) is 9.97 Å². The Bertz CT molecular complexity index is 2450. The van der Waals surface area contributed by atoms with Crippen LogP contribution in [0.25, 0.3) is 90.9 Å². The maximum Gasteiger partial charge on any atom is 0.115 e. The summed E-state index contributed by atoms with van der Waals surface area (Å²) in [7, 11) is 0. The van der Waals surface area contributed by atoms with Gasteiger partial charge in [0.25, 0.3) is 0 Å². The molecule has 0 aliphatic carbocycles. The summed E-state index contributed by atoms with van der Waals surface area (Å²) in [4.78, 5) is 26.5. The number of aromatic amines is 2. The van der Waals surface area contributed by atoms with Gasteiger partial charge in [0.2, 0.25) is 0 Å². The highest BCUT2D eigenvalue weighted by atomic mass is 16.3. The van der Waals surface area contributed by atoms with Crippen molar-refractivity contribution in [3.8, 4) is 56.0 Å². The standard InChI is InChI=1S/C42H28N6O2.2C2H6/c49-29-5-1-25(2-6-29)39-31-9-13-35(45-31)41(27-17-21-43-22-18-27)37-15-11-33(47-37)40(26-3-7-30(50)8-4-26)34-12-16-38(48-34)42(28-19-23-44-24-20-28)36-14-10-32(39)46-36;2*1-2/h1-24,45,48-50H;2*1-2H3. The Balaban J connectivity index is 0.00000109. The molecule has 8 heteroatoms. The molecule has 266 valence electrons. The van der Waals surface area contributed by atoms with Crippen LogP contribution in [0.1, 0.15) is 50.5 Å². The van der Waals surface area contributed by atoms with Crippen LogP contribution in [0.15, 0.2) is 122 Å². The zero-order valence-electron chi connectivity index (χ0n) is 30.5. The molecule has 0 atom stereocenters. The van der Waals surface area contributed by atoms with E-state index in [1.807, 2.05) is 101 Å². The van der Waals surface area contributed by atoms with E-state index in [1.54, 1.807) is 49.1 Å². The van der Waals surface area contributed by atoms with Crippen molar-refractivity contribution < 1.29 is 10.2 Å². The lowest BCUT2D eigenvalue weighted by Crippen LogP contribution is -1.90. The molecule has 0 amide bonds. The third-order valence-corrected chi connectivity index (χ3v) is 9.00. The third-order valence-electron chi connectivity index (χ3n) is 9.00. The summed E-state index contributed by atoms with van der Waals surface area (Å²) in [6.07, 6.45) is 15.3. The second kappa shape index (κ2) is 15.7. The van der Waals surface area contributed by atoms with E-state index < -0.39 is 0 Å². The molecule has 5 aromatic heterocycles. The first kappa shape index (κ1) is 35.3. The second-order valence-electron chi connectivity index (χ2n) is 12.1. The Labute approximate surface area is 314 Å². The molecule has 2 aromatic carbocycles. The van der Waals surface area contributed by atoms with E-state index in [4.69, 9.17) is 9.97 Å². The maximum absolute atomic E-state index is 10.2. The van der Waals surface area contributed by atoms with E-state index in [-0.39, 0.29) is 11.5 Å². The summed E-state index contributed by atoms with van der Waals surface area (Å²) in [5.74, 6) is 0.383. The number of benzene rings is 2. The average Bonchev–Trinajstić information content (AvgIpc) is 4.07. The molecule has 0 unspecified atom stereocenters. The number of hydrogen-bond acceptors (Lipinski definition) is 6. The molecule has 7 aromatic rings. The van der Waals surface area contributed by atoms with E-state index in [9.17, 15) is 10.2 Å². The Hall–Kier alpha value is -7.06. The van der Waals surface area contributed by atoms with Crippen LogP contribution in [-0.4, -0.2) is 40.1 Å². The van der Waals surface area contributed by atoms with E-state index in [2.05, 4.69) is 44.2 Å². The molecular weight excluding hydrogens is 669 g/mol. The fraction of sp³-hybridized carbons (Fsp3) is 0.0870. The first-order valence-corrected chi connectivity index (χ1v) is 18.1. The number of aromatic nitrogens is 6. The first-order valence-electron chi connectivity index (χ1n) is 18.1. The van der Waals surface area contributed by atoms with Crippen molar-refractivity contribution in [1.29, 1.82) is 0 Å². The average molecular weight is 709 g/mol. The van der Waals surface area contributed by atoms with Gasteiger partial charge in [0.05, 0.1) is 22.8 Å². The monoisotopic (exact) mass is 708 g/mol. The predicted octanol–water partition coefficient (Wildman–Crippen LogP) is 11.6. The molecule has 8 nitrogen and oxygen atoms in total. The van der Waals surface area contributed by atoms with Crippen molar-refractivity contribution in [3.63, 3.8) is 0 Å². The summed E-state index contributed by atoms with van der Waals surface area (Å²) in [5, 5.41) is 20.3. The van der Waals surface area contributed by atoms with Crippen molar-refractivity contribution in [2.75, 3.05) is 0 Å². The van der Waals surface area contributed by atoms with E-state index in [1.165, 1.54) is 0 Å². The van der Waals surface area contributed by atoms with Crippen molar-refractivity contribution in [2.24, 2.45) is 0 Å². The van der Waals surface area contributed by atoms with Gasteiger partial charge in [-0.3, -0.25) is 9.97 Å². The zero-order valence-corrected chi connectivity index (χ0v) is 30.5. The summed E-state index contributed by atoms with van der Waals surface area (Å²) in [6.45, 7) is 8.00. The SMILES string of the molecule is CC.CC.Oc1ccc(-c2c3nc(c(-c4ccncc4)c4ccc([nH]4)c(-c4ccc(O)cc4)c4nc(c(-c5ccncc5)c5ccc2[nH]5)C=C4)C=C3)cc1. The van der Waals surface area contributed by atoms with Gasteiger partial charge in [0, 0.05) is 69.1 Å². The molecule has 7 heterocycles. The fourth-order valence-corrected chi connectivity index (χ4v) is 6.71. The normalized spacial score (nSPS) is 11.3. The highest BCUT2D eigenvalue weighted by molar-refractivity contribution is 5.99. The molecule has 0 saturated heterocycles. The third kappa shape index (κ3) is 6.80. The minimum atomic E-state index is 0.191. The van der Waals surface area contributed by atoms with Crippen LogP contribution in [0.4, 0.5) is 0 Å². The van der Waals surface area contributed by atoms with Crippen LogP contribution in [0.3, 0.4) is 0 Å². The summed E-state index contributed by atoms with van der Waals surface area (Å²) in [6, 6.07) is 30.6. The van der Waals surface area contributed by atoms with Gasteiger partial charge >= 0.3 is 0 Å². The molecule has 4 N–H and O–H groups in total. The van der Waals surface area contributed by atoms with Gasteiger partial charge in [-0.2, -0.15) is 0 Å². The van der Waals surface area contributed by atoms with Gasteiger partial charge in [0.15, 0.2) is 0 Å². The number of hydrogen-bond donors (Lipinski definition) is 4. The van der Waals surface area contributed by atoms with Gasteiger partial charge < -0.3 is 20.2 Å². The molecule has 2 aliphatic heterocycles. The molecular formula is C46H40N6O2. The zero-order chi connectivity index (χ0) is 37.6. The number of pyridine rings is 2. The number of rotatable bonds is 4. The molecule has 54 heavy (non-hydrogen) atoms. The first-order chi connectivity index (χ1) is 26.6. The van der Waals surface area contributed by atoms with Gasteiger partial charge in [0.1, 0.15) is 11.5 Å². The Morgan fingerprint density at radius 1 is 0.352 bits per heavy atom. The Morgan fingerprint density at radius 3 is 0.889 bits per heavy atom. The van der Waals surface area contributed by atoms with E-state index >= 15 is 0 Å². The summed E-state index contributed by atoms with van der Waals surface area (Å²) in [5.41, 5.74) is 14.0. The molecule has 0 fully saturated rings. The van der Waals surface area contributed by atoms with Crippen LogP contribution in [-0.2, 0) is 0 Å². The number of nitrogens with zero attached hydrogens (tertiary/aromatic N) is 4. The summed E-state index contributed by atoms with van der Waals surface area (Å²) < 4.78 is 0. The number of phenols is 2. The molecule has 8 bridgehead atoms. The van der Waals surface area contributed by atoms with Crippen LogP contribution in [0, 0.1) is 0 Å². The van der Waals surface area contributed by atoms with Gasteiger partial charge in [-0.05, 0) is 119 Å². The van der Waals surface area contributed by atoms with E-state index in [0.717, 1.165) is 89.4 Å². The Morgan fingerprint density at radius 2 is 0.611 bits per heavy atom. The molecule has 0 saturated carbocycles. The fourth-order valence-electron chi connectivity index (χ4n) is 6.71. The van der Waals surface area contributed by atoms with Crippen molar-refractivity contribution >= 4 is 46.4 Å². The number of aromatic hydroxyl groups is 2. The lowest BCUT2D eigenvalue weighted by molar-refractivity contribution is 0.475. The van der Waals surface area contributed by atoms with Crippen LogP contribution in [0.2, 0.25) is 0 Å². The quantitative estimate of drug-likeness (QED) is 0.144. The van der Waals surface area contributed by atoms with E-state index in [0.29, 0.717) is 0 Å². The number of phenolic OH excluding ortho intramolecular Hbond substituents is 2. The van der Waals surface area contributed by atoms with Crippen LogP contribution in [0.5, 0.6) is 11.5 Å². The smallest absolute Gasteiger partial charge is 0.115 e. The molecule has 0 radical (unpaired) electrons.